The van der Waals surface area contributed by atoms with Crippen LogP contribution in [-0.2, 0) is 0 Å². The lowest BCUT2D eigenvalue weighted by molar-refractivity contribution is -0.645. The number of hydrogen-bond donors (Lipinski definition) is 0. The first-order valence-electron chi connectivity index (χ1n) is 9.63. The van der Waals surface area contributed by atoms with Crippen LogP contribution in [0.2, 0.25) is 0 Å². The van der Waals surface area contributed by atoms with Gasteiger partial charge in [0.25, 0.3) is 5.69 Å². The second-order valence-corrected chi connectivity index (χ2v) is 8.83. The van der Waals surface area contributed by atoms with Crippen LogP contribution in [0.1, 0.15) is 0 Å². The first kappa shape index (κ1) is 19.2. The van der Waals surface area contributed by atoms with Crippen molar-refractivity contribution >= 4 is 42.8 Å². The zero-order valence-corrected chi connectivity index (χ0v) is 19.1. The number of benzene rings is 4. The molecule has 5 aromatic rings. The lowest BCUT2D eigenvalue weighted by Gasteiger charge is -2.12. The summed E-state index contributed by atoms with van der Waals surface area (Å²) in [6, 6.07) is 35.5. The van der Waals surface area contributed by atoms with E-state index >= 15 is 0 Å². The average Bonchev–Trinajstić information content (AvgIpc) is 2.80. The van der Waals surface area contributed by atoms with Crippen molar-refractivity contribution in [2.75, 3.05) is 0 Å². The smallest absolute Gasteiger partial charge is 0.0618 e. The Bertz CT molecular complexity index is 1330. The molecule has 1 heterocycles. The highest BCUT2D eigenvalue weighted by Gasteiger charge is 2.27. The molecule has 2 nitrogen and oxygen atoms in total. The molecule has 0 unspecified atom stereocenters. The molecule has 0 spiro atoms. The van der Waals surface area contributed by atoms with E-state index in [1.807, 2.05) is 24.3 Å². The van der Waals surface area contributed by atoms with Gasteiger partial charge in [0.15, 0.2) is 0 Å². The largest absolute Gasteiger partial charge is 0.254 e. The zero-order chi connectivity index (χ0) is 20.5. The molecule has 0 saturated heterocycles. The van der Waals surface area contributed by atoms with Crippen molar-refractivity contribution in [1.82, 2.24) is 5.10 Å². The van der Waals surface area contributed by atoms with Crippen LogP contribution < -0.4 is 4.68 Å². The Hall–Kier alpha value is -2.82. The van der Waals surface area contributed by atoms with E-state index in [1.165, 1.54) is 5.56 Å². The van der Waals surface area contributed by atoms with Gasteiger partial charge >= 0.3 is 0 Å². The van der Waals surface area contributed by atoms with Gasteiger partial charge in [-0.3, -0.25) is 0 Å². The van der Waals surface area contributed by atoms with E-state index < -0.39 is 0 Å². The van der Waals surface area contributed by atoms with Crippen LogP contribution in [0.25, 0.3) is 39.0 Å². The maximum atomic E-state index is 5.04. The van der Waals surface area contributed by atoms with Crippen LogP contribution in [0.3, 0.4) is 0 Å². The van der Waals surface area contributed by atoms with E-state index in [4.69, 9.17) is 5.10 Å². The van der Waals surface area contributed by atoms with Crippen LogP contribution in [0.5, 0.6) is 0 Å². The van der Waals surface area contributed by atoms with Crippen LogP contribution in [-0.4, -0.2) is 5.10 Å². The number of rotatable bonds is 3. The SMILES string of the molecule is Brc1ccc(-c2c(-c3ccc(Br)cc3)[n+](-c3ccccc3)nc3ccccc23)cc1. The molecule has 4 aromatic carbocycles. The van der Waals surface area contributed by atoms with Gasteiger partial charge in [-0.05, 0) is 52.7 Å². The number of fused-ring (bicyclic) bond motifs is 1. The lowest BCUT2D eigenvalue weighted by atomic mass is 9.95. The number of nitrogens with zero attached hydrogens (tertiary/aromatic N) is 2. The highest BCUT2D eigenvalue weighted by atomic mass is 79.9. The first-order chi connectivity index (χ1) is 14.7. The van der Waals surface area contributed by atoms with Crippen molar-refractivity contribution < 1.29 is 4.68 Å². The molecule has 0 radical (unpaired) electrons. The Morgan fingerprint density at radius 1 is 0.567 bits per heavy atom. The predicted molar refractivity (Wildman–Crippen MR) is 130 cm³/mol. The fraction of sp³-hybridized carbons (Fsp3) is 0. The zero-order valence-electron chi connectivity index (χ0n) is 16.0. The normalized spacial score (nSPS) is 11.0. The second kappa shape index (κ2) is 8.13. The number of aromatic nitrogens is 2. The molecular formula is C26H17Br2N2+. The van der Waals surface area contributed by atoms with E-state index in [9.17, 15) is 0 Å². The number of hydrogen-bond acceptors (Lipinski definition) is 1. The third kappa shape index (κ3) is 3.57. The van der Waals surface area contributed by atoms with Crippen molar-refractivity contribution in [1.29, 1.82) is 0 Å². The highest BCUT2D eigenvalue weighted by Crippen LogP contribution is 2.36. The second-order valence-electron chi connectivity index (χ2n) is 7.00. The van der Waals surface area contributed by atoms with Gasteiger partial charge in [0, 0.05) is 37.1 Å². The Kier molecular flexibility index (Phi) is 5.19. The summed E-state index contributed by atoms with van der Waals surface area (Å²) in [5.41, 5.74) is 6.48. The number of halogens is 2. The molecule has 4 heteroatoms. The summed E-state index contributed by atoms with van der Waals surface area (Å²) in [7, 11) is 0. The van der Waals surface area contributed by atoms with Gasteiger partial charge < -0.3 is 0 Å². The molecule has 0 atom stereocenters. The molecule has 144 valence electrons. The fourth-order valence-electron chi connectivity index (χ4n) is 3.70. The molecular weight excluding hydrogens is 500 g/mol. The van der Waals surface area contributed by atoms with Gasteiger partial charge in [0.05, 0.1) is 5.56 Å². The maximum Gasteiger partial charge on any atom is 0.254 e. The Balaban J connectivity index is 1.95. The first-order valence-corrected chi connectivity index (χ1v) is 11.2. The van der Waals surface area contributed by atoms with Gasteiger partial charge in [-0.1, -0.05) is 80.4 Å². The summed E-state index contributed by atoms with van der Waals surface area (Å²) in [4.78, 5) is 0. The van der Waals surface area contributed by atoms with Gasteiger partial charge in [-0.25, -0.2) is 0 Å². The summed E-state index contributed by atoms with van der Waals surface area (Å²) in [5.74, 6) is 0. The van der Waals surface area contributed by atoms with Gasteiger partial charge in [0.2, 0.25) is 5.69 Å². The molecule has 1 aromatic heterocycles. The minimum absolute atomic E-state index is 0.958. The van der Waals surface area contributed by atoms with Crippen LogP contribution in [0.4, 0.5) is 0 Å². The molecule has 30 heavy (non-hydrogen) atoms. The topological polar surface area (TPSA) is 16.8 Å². The number of para-hydroxylation sites is 1. The lowest BCUT2D eigenvalue weighted by Crippen LogP contribution is -2.38. The molecule has 0 N–H and O–H groups in total. The van der Waals surface area contributed by atoms with E-state index in [1.54, 1.807) is 0 Å². The standard InChI is InChI=1S/C26H17Br2N2/c27-20-14-10-18(11-15-20)25-23-8-4-5-9-24(23)29-30(22-6-2-1-3-7-22)26(25)19-12-16-21(28)17-13-19/h1-17H/q+1. The van der Waals surface area contributed by atoms with Crippen LogP contribution >= 0.6 is 31.9 Å². The highest BCUT2D eigenvalue weighted by molar-refractivity contribution is 9.10. The Labute approximate surface area is 192 Å². The van der Waals surface area contributed by atoms with E-state index in [0.29, 0.717) is 0 Å². The summed E-state index contributed by atoms with van der Waals surface area (Å²) in [5, 5.41) is 6.17. The molecule has 0 saturated carbocycles. The fourth-order valence-corrected chi connectivity index (χ4v) is 4.23. The minimum atomic E-state index is 0.958. The van der Waals surface area contributed by atoms with E-state index in [0.717, 1.165) is 42.4 Å². The van der Waals surface area contributed by atoms with Crippen molar-refractivity contribution in [2.24, 2.45) is 0 Å². The van der Waals surface area contributed by atoms with Crippen LogP contribution in [0, 0.1) is 0 Å². The average molecular weight is 517 g/mol. The van der Waals surface area contributed by atoms with Crippen molar-refractivity contribution in [3.8, 4) is 28.1 Å². The maximum absolute atomic E-state index is 5.04. The molecule has 0 aliphatic heterocycles. The third-order valence-electron chi connectivity index (χ3n) is 5.08. The Morgan fingerprint density at radius 2 is 1.13 bits per heavy atom. The quantitative estimate of drug-likeness (QED) is 0.229. The van der Waals surface area contributed by atoms with Crippen molar-refractivity contribution in [2.45, 2.75) is 0 Å². The van der Waals surface area contributed by atoms with Crippen molar-refractivity contribution in [3.05, 3.63) is 112 Å². The minimum Gasteiger partial charge on any atom is -0.0618 e. The van der Waals surface area contributed by atoms with Crippen molar-refractivity contribution in [3.63, 3.8) is 0 Å². The van der Waals surface area contributed by atoms with Gasteiger partial charge in [-0.2, -0.15) is 0 Å². The monoisotopic (exact) mass is 515 g/mol. The molecule has 0 amide bonds. The van der Waals surface area contributed by atoms with Gasteiger partial charge in [0.1, 0.15) is 5.52 Å². The third-order valence-corrected chi connectivity index (χ3v) is 6.14. The van der Waals surface area contributed by atoms with Gasteiger partial charge in [-0.15, -0.1) is 0 Å². The predicted octanol–water partition coefficient (Wildman–Crippen LogP) is 7.37. The summed E-state index contributed by atoms with van der Waals surface area (Å²) < 4.78 is 4.17. The summed E-state index contributed by atoms with van der Waals surface area (Å²) >= 11 is 7.13. The summed E-state index contributed by atoms with van der Waals surface area (Å²) in [6.45, 7) is 0. The van der Waals surface area contributed by atoms with Crippen LogP contribution in [0.15, 0.2) is 112 Å². The molecule has 0 aliphatic rings. The summed E-state index contributed by atoms with van der Waals surface area (Å²) in [6.07, 6.45) is 0. The molecule has 0 fully saturated rings. The molecule has 0 bridgehead atoms. The van der Waals surface area contributed by atoms with E-state index in [2.05, 4.69) is 115 Å². The Morgan fingerprint density at radius 3 is 1.80 bits per heavy atom. The van der Waals surface area contributed by atoms with E-state index in [-0.39, 0.29) is 0 Å². The molecule has 5 rings (SSSR count). The molecule has 0 aliphatic carbocycles.